The minimum absolute atomic E-state index is 0.218. The molecule has 0 amide bonds. The minimum atomic E-state index is -0.218. The van der Waals surface area contributed by atoms with Gasteiger partial charge in [0.05, 0.1) is 19.3 Å². The number of ether oxygens (including phenoxy) is 1. The normalized spacial score (nSPS) is 11.1. The number of aromatic nitrogens is 2. The first-order chi connectivity index (χ1) is 7.52. The number of rotatable bonds is 5. The Labute approximate surface area is 96.0 Å². The molecule has 0 aliphatic heterocycles. The van der Waals surface area contributed by atoms with Gasteiger partial charge in [-0.1, -0.05) is 0 Å². The van der Waals surface area contributed by atoms with Crippen LogP contribution in [0.1, 0.15) is 19.5 Å². The Morgan fingerprint density at radius 2 is 2.31 bits per heavy atom. The van der Waals surface area contributed by atoms with Crippen molar-refractivity contribution in [2.45, 2.75) is 26.4 Å². The van der Waals surface area contributed by atoms with E-state index in [1.165, 1.54) is 7.11 Å². The molecule has 0 N–H and O–H groups in total. The summed E-state index contributed by atoms with van der Waals surface area (Å²) in [6, 6.07) is 2.23. The van der Waals surface area contributed by atoms with Gasteiger partial charge in [0.2, 0.25) is 0 Å². The summed E-state index contributed by atoms with van der Waals surface area (Å²) >= 11 is 0. The van der Waals surface area contributed by atoms with Crippen LogP contribution in [0.5, 0.6) is 0 Å². The van der Waals surface area contributed by atoms with Crippen molar-refractivity contribution >= 4 is 5.97 Å². The van der Waals surface area contributed by atoms with Crippen molar-refractivity contribution in [1.29, 1.82) is 0 Å². The summed E-state index contributed by atoms with van der Waals surface area (Å²) in [5.74, 6) is -0.218. The number of carbonyl (C=O) groups is 1. The van der Waals surface area contributed by atoms with Crippen LogP contribution in [0.25, 0.3) is 0 Å². The average Bonchev–Trinajstić information content (AvgIpc) is 2.62. The predicted molar refractivity (Wildman–Crippen MR) is 60.8 cm³/mol. The fourth-order valence-corrected chi connectivity index (χ4v) is 1.41. The Balaban J connectivity index is 2.61. The third-order valence-corrected chi connectivity index (χ3v) is 2.42. The standard InChI is InChI=1S/C11H19N3O2/c1-9(2)14(8-11(15)16-4)7-10-5-6-13(3)12-10/h5-6,9H,7-8H2,1-4H3. The molecule has 1 heterocycles. The zero-order chi connectivity index (χ0) is 12.1. The summed E-state index contributed by atoms with van der Waals surface area (Å²) in [7, 11) is 3.28. The van der Waals surface area contributed by atoms with E-state index in [0.717, 1.165) is 5.69 Å². The van der Waals surface area contributed by atoms with Gasteiger partial charge in [0.1, 0.15) is 0 Å². The van der Waals surface area contributed by atoms with Crippen molar-refractivity contribution in [2.75, 3.05) is 13.7 Å². The Hall–Kier alpha value is -1.36. The minimum Gasteiger partial charge on any atom is -0.468 e. The van der Waals surface area contributed by atoms with Gasteiger partial charge in [-0.25, -0.2) is 0 Å². The van der Waals surface area contributed by atoms with Crippen LogP contribution in [0.4, 0.5) is 0 Å². The zero-order valence-corrected chi connectivity index (χ0v) is 10.3. The second-order valence-corrected chi connectivity index (χ2v) is 4.06. The van der Waals surface area contributed by atoms with E-state index in [9.17, 15) is 4.79 Å². The first-order valence-corrected chi connectivity index (χ1v) is 5.32. The van der Waals surface area contributed by atoms with Crippen LogP contribution in [0.2, 0.25) is 0 Å². The first-order valence-electron chi connectivity index (χ1n) is 5.32. The molecule has 0 aromatic carbocycles. The number of carbonyl (C=O) groups excluding carboxylic acids is 1. The fourth-order valence-electron chi connectivity index (χ4n) is 1.41. The highest BCUT2D eigenvalue weighted by molar-refractivity contribution is 5.71. The lowest BCUT2D eigenvalue weighted by molar-refractivity contribution is -0.142. The summed E-state index contributed by atoms with van der Waals surface area (Å²) in [5.41, 5.74) is 0.958. The largest absolute Gasteiger partial charge is 0.468 e. The van der Waals surface area contributed by atoms with Crippen molar-refractivity contribution < 1.29 is 9.53 Å². The molecular weight excluding hydrogens is 206 g/mol. The molecule has 0 bridgehead atoms. The maximum Gasteiger partial charge on any atom is 0.319 e. The van der Waals surface area contributed by atoms with Crippen molar-refractivity contribution in [3.8, 4) is 0 Å². The number of methoxy groups -OCH3 is 1. The Morgan fingerprint density at radius 3 is 2.75 bits per heavy atom. The smallest absolute Gasteiger partial charge is 0.319 e. The van der Waals surface area contributed by atoms with E-state index < -0.39 is 0 Å². The van der Waals surface area contributed by atoms with Gasteiger partial charge in [0.25, 0.3) is 0 Å². The number of nitrogens with zero attached hydrogens (tertiary/aromatic N) is 3. The molecule has 0 saturated carbocycles. The Kier molecular flexibility index (Phi) is 4.49. The van der Waals surface area contributed by atoms with Gasteiger partial charge in [-0.3, -0.25) is 14.4 Å². The molecule has 0 spiro atoms. The second-order valence-electron chi connectivity index (χ2n) is 4.06. The van der Waals surface area contributed by atoms with Crippen LogP contribution in [0.3, 0.4) is 0 Å². The van der Waals surface area contributed by atoms with Crippen LogP contribution in [0.15, 0.2) is 12.3 Å². The Morgan fingerprint density at radius 1 is 1.62 bits per heavy atom. The summed E-state index contributed by atoms with van der Waals surface area (Å²) in [5, 5.41) is 4.29. The molecule has 5 heteroatoms. The van der Waals surface area contributed by atoms with Crippen LogP contribution < -0.4 is 0 Å². The lowest BCUT2D eigenvalue weighted by atomic mass is 10.3. The maximum atomic E-state index is 11.2. The molecule has 5 nitrogen and oxygen atoms in total. The van der Waals surface area contributed by atoms with E-state index in [-0.39, 0.29) is 12.0 Å². The lowest BCUT2D eigenvalue weighted by Gasteiger charge is -2.23. The van der Waals surface area contributed by atoms with Crippen molar-refractivity contribution in [3.63, 3.8) is 0 Å². The fraction of sp³-hybridized carbons (Fsp3) is 0.636. The molecule has 1 rings (SSSR count). The van der Waals surface area contributed by atoms with Crippen LogP contribution in [-0.2, 0) is 23.1 Å². The quantitative estimate of drug-likeness (QED) is 0.696. The summed E-state index contributed by atoms with van der Waals surface area (Å²) < 4.78 is 6.42. The van der Waals surface area contributed by atoms with Crippen LogP contribution in [-0.4, -0.2) is 40.3 Å². The molecule has 0 aliphatic carbocycles. The Bertz CT molecular complexity index is 347. The summed E-state index contributed by atoms with van der Waals surface area (Å²) in [6.07, 6.45) is 1.89. The SMILES string of the molecule is COC(=O)CN(Cc1ccn(C)n1)C(C)C. The highest BCUT2D eigenvalue weighted by atomic mass is 16.5. The van der Waals surface area contributed by atoms with Gasteiger partial charge < -0.3 is 4.74 Å². The molecule has 90 valence electrons. The maximum absolute atomic E-state index is 11.2. The molecule has 0 fully saturated rings. The van der Waals surface area contributed by atoms with Gasteiger partial charge >= 0.3 is 5.97 Å². The van der Waals surface area contributed by atoms with E-state index in [1.54, 1.807) is 4.68 Å². The molecule has 1 aromatic heterocycles. The van der Waals surface area contributed by atoms with Gasteiger partial charge in [-0.15, -0.1) is 0 Å². The van der Waals surface area contributed by atoms with E-state index in [2.05, 4.69) is 9.84 Å². The van der Waals surface area contributed by atoms with Crippen molar-refractivity contribution in [3.05, 3.63) is 18.0 Å². The van der Waals surface area contributed by atoms with E-state index in [4.69, 9.17) is 0 Å². The molecular formula is C11H19N3O2. The van der Waals surface area contributed by atoms with E-state index in [1.807, 2.05) is 38.1 Å². The monoisotopic (exact) mass is 225 g/mol. The average molecular weight is 225 g/mol. The van der Waals surface area contributed by atoms with E-state index >= 15 is 0 Å². The number of hydrogen-bond acceptors (Lipinski definition) is 4. The van der Waals surface area contributed by atoms with Gasteiger partial charge in [-0.2, -0.15) is 5.10 Å². The van der Waals surface area contributed by atoms with E-state index in [0.29, 0.717) is 13.1 Å². The van der Waals surface area contributed by atoms with Crippen molar-refractivity contribution in [1.82, 2.24) is 14.7 Å². The molecule has 0 unspecified atom stereocenters. The van der Waals surface area contributed by atoms with Gasteiger partial charge in [0, 0.05) is 25.8 Å². The molecule has 0 saturated heterocycles. The molecule has 0 aliphatic rings. The molecule has 0 atom stereocenters. The first kappa shape index (κ1) is 12.7. The summed E-state index contributed by atoms with van der Waals surface area (Å²) in [4.78, 5) is 13.3. The van der Waals surface area contributed by atoms with Crippen LogP contribution in [0, 0.1) is 0 Å². The third kappa shape index (κ3) is 3.66. The predicted octanol–water partition coefficient (Wildman–Crippen LogP) is 0.803. The van der Waals surface area contributed by atoms with Crippen molar-refractivity contribution in [2.24, 2.45) is 7.05 Å². The number of hydrogen-bond donors (Lipinski definition) is 0. The lowest BCUT2D eigenvalue weighted by Crippen LogP contribution is -2.35. The zero-order valence-electron chi connectivity index (χ0n) is 10.3. The topological polar surface area (TPSA) is 47.4 Å². The molecule has 0 radical (unpaired) electrons. The third-order valence-electron chi connectivity index (χ3n) is 2.42. The molecule has 1 aromatic rings. The highest BCUT2D eigenvalue weighted by Gasteiger charge is 2.15. The highest BCUT2D eigenvalue weighted by Crippen LogP contribution is 2.06. The number of esters is 1. The second kappa shape index (κ2) is 5.65. The number of aryl methyl sites for hydroxylation is 1. The summed E-state index contributed by atoms with van der Waals surface area (Å²) in [6.45, 7) is 5.05. The molecule has 16 heavy (non-hydrogen) atoms. The van der Waals surface area contributed by atoms with Crippen LogP contribution >= 0.6 is 0 Å². The van der Waals surface area contributed by atoms with Gasteiger partial charge in [-0.05, 0) is 19.9 Å². The van der Waals surface area contributed by atoms with Gasteiger partial charge in [0.15, 0.2) is 0 Å².